The largest absolute Gasteiger partial charge is 0.301 e. The van der Waals surface area contributed by atoms with Gasteiger partial charge in [0.1, 0.15) is 0 Å². The van der Waals surface area contributed by atoms with Gasteiger partial charge in [0.2, 0.25) is 0 Å². The Kier molecular flexibility index (Phi) is 5.41. The van der Waals surface area contributed by atoms with E-state index in [0.717, 1.165) is 30.7 Å². The molecule has 0 bridgehead atoms. The monoisotopic (exact) mass is 288 g/mol. The van der Waals surface area contributed by atoms with E-state index in [1.54, 1.807) is 17.8 Å². The third kappa shape index (κ3) is 4.53. The molecular weight excluding hydrogens is 268 g/mol. The molecule has 3 nitrogen and oxygen atoms in total. The molecule has 0 saturated carbocycles. The quantitative estimate of drug-likeness (QED) is 0.651. The molecule has 1 N–H and O–H groups in total. The summed E-state index contributed by atoms with van der Waals surface area (Å²) in [6.07, 6.45) is 3.05. The number of thioether (sulfide) groups is 1. The van der Waals surface area contributed by atoms with Gasteiger partial charge >= 0.3 is 0 Å². The van der Waals surface area contributed by atoms with Crippen LogP contribution in [0.4, 0.5) is 0 Å². The number of aryl methyl sites for hydroxylation is 2. The molecule has 4 heteroatoms. The molecule has 0 atom stereocenters. The third-order valence-electron chi connectivity index (χ3n) is 3.06. The summed E-state index contributed by atoms with van der Waals surface area (Å²) in [5.74, 6) is 0.820. The minimum atomic E-state index is -0.0579. The second kappa shape index (κ2) is 7.29. The van der Waals surface area contributed by atoms with Crippen molar-refractivity contribution in [1.29, 1.82) is 0 Å². The Balaban J connectivity index is 2.03. The molecule has 0 spiro atoms. The normalized spacial score (nSPS) is 10.7. The second-order valence-electron chi connectivity index (χ2n) is 4.92. The van der Waals surface area contributed by atoms with E-state index in [0.29, 0.717) is 5.16 Å². The van der Waals surface area contributed by atoms with Gasteiger partial charge in [-0.1, -0.05) is 54.9 Å². The summed E-state index contributed by atoms with van der Waals surface area (Å²) in [5, 5.41) is 0.712. The SMILES string of the molecule is CCCCc1cc(=O)[nH]c(SCc2ccc(C)cc2)n1. The zero-order valence-electron chi connectivity index (χ0n) is 12.0. The number of unbranched alkanes of at least 4 members (excludes halogenated alkanes) is 1. The molecule has 0 radical (unpaired) electrons. The van der Waals surface area contributed by atoms with Crippen molar-refractivity contribution in [2.45, 2.75) is 44.0 Å². The first-order valence-electron chi connectivity index (χ1n) is 6.96. The van der Waals surface area contributed by atoms with Crippen LogP contribution >= 0.6 is 11.8 Å². The summed E-state index contributed by atoms with van der Waals surface area (Å²) < 4.78 is 0. The van der Waals surface area contributed by atoms with E-state index in [2.05, 4.69) is 48.1 Å². The highest BCUT2D eigenvalue weighted by Gasteiger charge is 2.03. The number of nitrogens with one attached hydrogen (secondary N) is 1. The number of aromatic nitrogens is 2. The summed E-state index contributed by atoms with van der Waals surface area (Å²) in [7, 11) is 0. The van der Waals surface area contributed by atoms with Crippen molar-refractivity contribution in [3.8, 4) is 0 Å². The van der Waals surface area contributed by atoms with Gasteiger partial charge in [-0.2, -0.15) is 0 Å². The number of aromatic amines is 1. The van der Waals surface area contributed by atoms with Gasteiger partial charge < -0.3 is 4.98 Å². The van der Waals surface area contributed by atoms with Crippen molar-refractivity contribution in [3.63, 3.8) is 0 Å². The Morgan fingerprint density at radius 3 is 2.70 bits per heavy atom. The van der Waals surface area contributed by atoms with Gasteiger partial charge in [-0.05, 0) is 25.3 Å². The first kappa shape index (κ1) is 14.9. The van der Waals surface area contributed by atoms with E-state index < -0.39 is 0 Å². The molecule has 0 unspecified atom stereocenters. The van der Waals surface area contributed by atoms with E-state index in [4.69, 9.17) is 0 Å². The summed E-state index contributed by atoms with van der Waals surface area (Å²) >= 11 is 1.57. The molecule has 20 heavy (non-hydrogen) atoms. The van der Waals surface area contributed by atoms with Crippen molar-refractivity contribution in [2.24, 2.45) is 0 Å². The Morgan fingerprint density at radius 1 is 1.25 bits per heavy atom. The van der Waals surface area contributed by atoms with Crippen molar-refractivity contribution < 1.29 is 0 Å². The van der Waals surface area contributed by atoms with Gasteiger partial charge in [0, 0.05) is 17.5 Å². The molecule has 1 aromatic heterocycles. The zero-order chi connectivity index (χ0) is 14.4. The Morgan fingerprint density at radius 2 is 2.00 bits per heavy atom. The van der Waals surface area contributed by atoms with Crippen molar-refractivity contribution in [2.75, 3.05) is 0 Å². The maximum absolute atomic E-state index is 11.6. The van der Waals surface area contributed by atoms with Gasteiger partial charge in [-0.15, -0.1) is 0 Å². The van der Waals surface area contributed by atoms with E-state index >= 15 is 0 Å². The number of hydrogen-bond acceptors (Lipinski definition) is 3. The van der Waals surface area contributed by atoms with Crippen LogP contribution in [0.25, 0.3) is 0 Å². The van der Waals surface area contributed by atoms with Crippen molar-refractivity contribution >= 4 is 11.8 Å². The number of nitrogens with zero attached hydrogens (tertiary/aromatic N) is 1. The highest BCUT2D eigenvalue weighted by molar-refractivity contribution is 7.98. The maximum Gasteiger partial charge on any atom is 0.251 e. The van der Waals surface area contributed by atoms with Crippen LogP contribution in [0.3, 0.4) is 0 Å². The van der Waals surface area contributed by atoms with Gasteiger partial charge in [-0.25, -0.2) is 4.98 Å². The summed E-state index contributed by atoms with van der Waals surface area (Å²) in [6.45, 7) is 4.22. The Labute approximate surface area is 123 Å². The molecule has 0 aliphatic rings. The average Bonchev–Trinajstić information content (AvgIpc) is 2.44. The smallest absolute Gasteiger partial charge is 0.251 e. The van der Waals surface area contributed by atoms with Crippen molar-refractivity contribution in [1.82, 2.24) is 9.97 Å². The predicted molar refractivity (Wildman–Crippen MR) is 84.2 cm³/mol. The lowest BCUT2D eigenvalue weighted by Gasteiger charge is -2.04. The molecule has 106 valence electrons. The average molecular weight is 288 g/mol. The van der Waals surface area contributed by atoms with Crippen LogP contribution in [-0.4, -0.2) is 9.97 Å². The fourth-order valence-electron chi connectivity index (χ4n) is 1.87. The van der Waals surface area contributed by atoms with Gasteiger partial charge in [0.25, 0.3) is 5.56 Å². The third-order valence-corrected chi connectivity index (χ3v) is 4.00. The van der Waals surface area contributed by atoms with Crippen LogP contribution in [0.15, 0.2) is 40.3 Å². The fourth-order valence-corrected chi connectivity index (χ4v) is 2.72. The zero-order valence-corrected chi connectivity index (χ0v) is 12.8. The number of benzene rings is 1. The second-order valence-corrected chi connectivity index (χ2v) is 5.88. The minimum Gasteiger partial charge on any atom is -0.301 e. The first-order chi connectivity index (χ1) is 9.67. The predicted octanol–water partition coefficient (Wildman–Crippen LogP) is 3.71. The van der Waals surface area contributed by atoms with Crippen LogP contribution in [0.2, 0.25) is 0 Å². The summed E-state index contributed by atoms with van der Waals surface area (Å²) in [4.78, 5) is 18.9. The Hall–Kier alpha value is -1.55. The van der Waals surface area contributed by atoms with Crippen LogP contribution in [0.1, 0.15) is 36.6 Å². The summed E-state index contributed by atoms with van der Waals surface area (Å²) in [5.41, 5.74) is 3.33. The number of rotatable bonds is 6. The minimum absolute atomic E-state index is 0.0579. The molecular formula is C16H20N2OS. The molecule has 0 saturated heterocycles. The maximum atomic E-state index is 11.6. The number of H-pyrrole nitrogens is 1. The van der Waals surface area contributed by atoms with Crippen LogP contribution < -0.4 is 5.56 Å². The van der Waals surface area contributed by atoms with Crippen molar-refractivity contribution in [3.05, 3.63) is 57.5 Å². The van der Waals surface area contributed by atoms with E-state index in [1.165, 1.54) is 11.1 Å². The molecule has 0 fully saturated rings. The van der Waals surface area contributed by atoms with Crippen LogP contribution in [-0.2, 0) is 12.2 Å². The van der Waals surface area contributed by atoms with Gasteiger partial charge in [0.05, 0.1) is 0 Å². The van der Waals surface area contributed by atoms with Gasteiger partial charge in [-0.3, -0.25) is 4.79 Å². The standard InChI is InChI=1S/C16H20N2OS/c1-3-4-5-14-10-15(19)18-16(17-14)20-11-13-8-6-12(2)7-9-13/h6-10H,3-5,11H2,1-2H3,(H,17,18,19). The topological polar surface area (TPSA) is 45.8 Å². The van der Waals surface area contributed by atoms with Crippen LogP contribution in [0, 0.1) is 6.92 Å². The lowest BCUT2D eigenvalue weighted by atomic mass is 10.2. The molecule has 2 rings (SSSR count). The van der Waals surface area contributed by atoms with Crippen LogP contribution in [0.5, 0.6) is 0 Å². The molecule has 0 amide bonds. The highest BCUT2D eigenvalue weighted by Crippen LogP contribution is 2.19. The number of hydrogen-bond donors (Lipinski definition) is 1. The molecule has 1 heterocycles. The van der Waals surface area contributed by atoms with Gasteiger partial charge in [0.15, 0.2) is 5.16 Å². The van der Waals surface area contributed by atoms with E-state index in [-0.39, 0.29) is 5.56 Å². The first-order valence-corrected chi connectivity index (χ1v) is 7.94. The fraction of sp³-hybridized carbons (Fsp3) is 0.375. The highest BCUT2D eigenvalue weighted by atomic mass is 32.2. The van der Waals surface area contributed by atoms with E-state index in [9.17, 15) is 4.79 Å². The Bertz CT molecular complexity index is 605. The van der Waals surface area contributed by atoms with E-state index in [1.807, 2.05) is 0 Å². The summed E-state index contributed by atoms with van der Waals surface area (Å²) in [6, 6.07) is 10.0. The lowest BCUT2D eigenvalue weighted by molar-refractivity contribution is 0.752. The lowest BCUT2D eigenvalue weighted by Crippen LogP contribution is -2.10. The molecule has 2 aromatic rings. The molecule has 1 aromatic carbocycles. The molecule has 0 aliphatic heterocycles. The molecule has 0 aliphatic carbocycles.